The number of methoxy groups -OCH3 is 2. The molecule has 0 saturated heterocycles. The maximum absolute atomic E-state index is 5.18. The van der Waals surface area contributed by atoms with E-state index in [1.807, 2.05) is 18.2 Å². The van der Waals surface area contributed by atoms with Crippen LogP contribution in [0.3, 0.4) is 0 Å². The topological polar surface area (TPSA) is 30.5 Å². The first-order valence-electron chi connectivity index (χ1n) is 5.71. The van der Waals surface area contributed by atoms with Gasteiger partial charge >= 0.3 is 0 Å². The molecule has 0 atom stereocenters. The van der Waals surface area contributed by atoms with E-state index < -0.39 is 0 Å². The molecular formula is C12H21NO2Si. The van der Waals surface area contributed by atoms with Crippen LogP contribution in [0.2, 0.25) is 6.04 Å². The molecule has 0 amide bonds. The zero-order valence-electron chi connectivity index (χ0n) is 10.1. The normalized spacial score (nSPS) is 11.4. The molecule has 1 aromatic rings. The van der Waals surface area contributed by atoms with Gasteiger partial charge in [-0.05, 0) is 18.6 Å². The smallest absolute Gasteiger partial charge is 0.134 e. The summed E-state index contributed by atoms with van der Waals surface area (Å²) in [5, 5.41) is 3.39. The van der Waals surface area contributed by atoms with Crippen molar-refractivity contribution in [2.24, 2.45) is 0 Å². The Bertz CT molecular complexity index is 265. The van der Waals surface area contributed by atoms with Crippen molar-refractivity contribution in [1.29, 1.82) is 0 Å². The van der Waals surface area contributed by atoms with Gasteiger partial charge in [0.2, 0.25) is 0 Å². The summed E-state index contributed by atoms with van der Waals surface area (Å²) >= 11 is 0. The van der Waals surface area contributed by atoms with Gasteiger partial charge in [0.1, 0.15) is 5.91 Å². The number of nitrogens with one attached hydrogen (secondary N) is 1. The number of rotatable bonds is 8. The maximum Gasteiger partial charge on any atom is 0.134 e. The van der Waals surface area contributed by atoms with Crippen LogP contribution in [0.5, 0.6) is 0 Å². The highest BCUT2D eigenvalue weighted by Gasteiger charge is 2.04. The van der Waals surface area contributed by atoms with Crippen LogP contribution in [0.15, 0.2) is 30.3 Å². The minimum atomic E-state index is -0.259. The Labute approximate surface area is 100.0 Å². The molecule has 0 aliphatic carbocycles. The van der Waals surface area contributed by atoms with Crippen molar-refractivity contribution >= 4 is 15.2 Å². The maximum atomic E-state index is 5.18. The summed E-state index contributed by atoms with van der Waals surface area (Å²) in [4.78, 5) is 0. The third kappa shape index (κ3) is 5.30. The van der Waals surface area contributed by atoms with Crippen LogP contribution in [-0.2, 0) is 9.47 Å². The van der Waals surface area contributed by atoms with Gasteiger partial charge in [0.25, 0.3) is 0 Å². The number of hydrogen-bond donors (Lipinski definition) is 1. The molecule has 1 aromatic carbocycles. The van der Waals surface area contributed by atoms with Crippen LogP contribution in [0, 0.1) is 0 Å². The van der Waals surface area contributed by atoms with Crippen LogP contribution in [0.1, 0.15) is 6.42 Å². The SMILES string of the molecule is COC(OC)[SiH2]CCCNc1ccccc1. The monoisotopic (exact) mass is 239 g/mol. The first kappa shape index (κ1) is 13.2. The van der Waals surface area contributed by atoms with Gasteiger partial charge in [-0.2, -0.15) is 0 Å². The van der Waals surface area contributed by atoms with E-state index in [1.54, 1.807) is 14.2 Å². The molecule has 3 nitrogen and oxygen atoms in total. The van der Waals surface area contributed by atoms with Gasteiger partial charge in [-0.25, -0.2) is 0 Å². The molecular weight excluding hydrogens is 218 g/mol. The molecule has 1 N–H and O–H groups in total. The van der Waals surface area contributed by atoms with E-state index in [1.165, 1.54) is 18.2 Å². The van der Waals surface area contributed by atoms with E-state index in [-0.39, 0.29) is 15.4 Å². The summed E-state index contributed by atoms with van der Waals surface area (Å²) in [5.41, 5.74) is 1.19. The fourth-order valence-electron chi connectivity index (χ4n) is 1.56. The lowest BCUT2D eigenvalue weighted by molar-refractivity contribution is -0.0441. The van der Waals surface area contributed by atoms with Gasteiger partial charge in [0.05, 0.1) is 9.52 Å². The number of para-hydroxylation sites is 1. The number of hydrogen-bond acceptors (Lipinski definition) is 3. The highest BCUT2D eigenvalue weighted by atomic mass is 28.2. The van der Waals surface area contributed by atoms with Crippen molar-refractivity contribution < 1.29 is 9.47 Å². The van der Waals surface area contributed by atoms with Crippen molar-refractivity contribution in [3.63, 3.8) is 0 Å². The molecule has 0 aliphatic rings. The average molecular weight is 239 g/mol. The molecule has 0 heterocycles. The molecule has 0 radical (unpaired) electrons. The molecule has 0 saturated carbocycles. The van der Waals surface area contributed by atoms with Crippen molar-refractivity contribution in [2.75, 3.05) is 26.1 Å². The van der Waals surface area contributed by atoms with E-state index in [0.717, 1.165) is 6.54 Å². The van der Waals surface area contributed by atoms with Gasteiger partial charge in [-0.3, -0.25) is 0 Å². The fraction of sp³-hybridized carbons (Fsp3) is 0.500. The predicted octanol–water partition coefficient (Wildman–Crippen LogP) is 1.65. The summed E-state index contributed by atoms with van der Waals surface area (Å²) in [5.74, 6) is 0.0803. The minimum Gasteiger partial charge on any atom is -0.385 e. The van der Waals surface area contributed by atoms with Crippen LogP contribution >= 0.6 is 0 Å². The third-order valence-electron chi connectivity index (χ3n) is 2.50. The van der Waals surface area contributed by atoms with Crippen molar-refractivity contribution in [3.05, 3.63) is 30.3 Å². The Morgan fingerprint density at radius 3 is 2.50 bits per heavy atom. The summed E-state index contributed by atoms with van der Waals surface area (Å²) in [6, 6.07) is 11.5. The molecule has 0 aliphatic heterocycles. The van der Waals surface area contributed by atoms with E-state index in [4.69, 9.17) is 9.47 Å². The molecule has 0 unspecified atom stereocenters. The summed E-state index contributed by atoms with van der Waals surface area (Å²) in [6.07, 6.45) is 1.18. The Kier molecular flexibility index (Phi) is 6.88. The standard InChI is InChI=1S/C12H21NO2Si/c1-14-12(15-2)16-10-6-9-13-11-7-4-3-5-8-11/h3-5,7-8,12-13H,6,9-10,16H2,1-2H3. The average Bonchev–Trinajstić information content (AvgIpc) is 2.35. The highest BCUT2D eigenvalue weighted by molar-refractivity contribution is 6.36. The van der Waals surface area contributed by atoms with E-state index in [2.05, 4.69) is 17.4 Å². The van der Waals surface area contributed by atoms with Crippen molar-refractivity contribution in [1.82, 2.24) is 0 Å². The Morgan fingerprint density at radius 1 is 1.19 bits per heavy atom. The largest absolute Gasteiger partial charge is 0.385 e. The number of benzene rings is 1. The second-order valence-corrected chi connectivity index (χ2v) is 5.64. The third-order valence-corrected chi connectivity index (χ3v) is 4.54. The molecule has 0 fully saturated rings. The minimum absolute atomic E-state index is 0.0803. The lowest BCUT2D eigenvalue weighted by Gasteiger charge is -2.12. The van der Waals surface area contributed by atoms with Crippen LogP contribution < -0.4 is 5.32 Å². The van der Waals surface area contributed by atoms with Gasteiger partial charge < -0.3 is 14.8 Å². The zero-order valence-corrected chi connectivity index (χ0v) is 11.5. The number of ether oxygens (including phenoxy) is 2. The van der Waals surface area contributed by atoms with Gasteiger partial charge in [0.15, 0.2) is 0 Å². The molecule has 0 bridgehead atoms. The molecule has 1 rings (SSSR count). The second kappa shape index (κ2) is 8.33. The number of anilines is 1. The Hall–Kier alpha value is -0.843. The second-order valence-electron chi connectivity index (χ2n) is 3.69. The fourth-order valence-corrected chi connectivity index (χ4v) is 2.90. The van der Waals surface area contributed by atoms with Gasteiger partial charge in [-0.15, -0.1) is 0 Å². The van der Waals surface area contributed by atoms with Gasteiger partial charge in [0, 0.05) is 26.5 Å². The molecule has 0 aromatic heterocycles. The Morgan fingerprint density at radius 2 is 1.88 bits per heavy atom. The lowest BCUT2D eigenvalue weighted by Crippen LogP contribution is -2.21. The predicted molar refractivity (Wildman–Crippen MR) is 70.7 cm³/mol. The summed E-state index contributed by atoms with van der Waals surface area (Å²) in [6.45, 7) is 1.02. The molecule has 0 spiro atoms. The van der Waals surface area contributed by atoms with Crippen LogP contribution in [-0.4, -0.2) is 36.2 Å². The zero-order chi connectivity index (χ0) is 11.6. The molecule has 4 heteroatoms. The Balaban J connectivity index is 2.04. The van der Waals surface area contributed by atoms with E-state index in [0.29, 0.717) is 0 Å². The van der Waals surface area contributed by atoms with Crippen LogP contribution in [0.25, 0.3) is 0 Å². The summed E-state index contributed by atoms with van der Waals surface area (Å²) < 4.78 is 10.4. The van der Waals surface area contributed by atoms with Crippen LogP contribution in [0.4, 0.5) is 5.69 Å². The van der Waals surface area contributed by atoms with Gasteiger partial charge in [-0.1, -0.05) is 24.2 Å². The summed E-state index contributed by atoms with van der Waals surface area (Å²) in [7, 11) is 3.16. The quantitative estimate of drug-likeness (QED) is 0.425. The molecule has 16 heavy (non-hydrogen) atoms. The van der Waals surface area contributed by atoms with Crippen molar-refractivity contribution in [3.8, 4) is 0 Å². The van der Waals surface area contributed by atoms with E-state index in [9.17, 15) is 0 Å². The highest BCUT2D eigenvalue weighted by Crippen LogP contribution is 2.05. The first-order valence-corrected chi connectivity index (χ1v) is 7.53. The van der Waals surface area contributed by atoms with E-state index >= 15 is 0 Å². The lowest BCUT2D eigenvalue weighted by atomic mass is 10.3. The molecule has 90 valence electrons. The van der Waals surface area contributed by atoms with Crippen molar-refractivity contribution in [2.45, 2.75) is 18.4 Å². The first-order chi connectivity index (χ1) is 7.86.